The lowest BCUT2D eigenvalue weighted by atomic mass is 9.97. The van der Waals surface area contributed by atoms with Gasteiger partial charge in [-0.15, -0.1) is 11.3 Å². The standard InChI is InChI=1S/C16H23N3O3S/c1-9-11-14(22-6)18-10(7-21-5)19-15(11)23-12(9)13(20)17-8-16(2,3)4/h7-8H2,1-6H3,(H,17,20). The van der Waals surface area contributed by atoms with E-state index < -0.39 is 0 Å². The number of carbonyl (C=O) groups is 1. The number of rotatable bonds is 5. The number of nitrogens with one attached hydrogen (secondary N) is 1. The van der Waals surface area contributed by atoms with Crippen LogP contribution in [0.2, 0.25) is 0 Å². The van der Waals surface area contributed by atoms with Crippen LogP contribution in [0.5, 0.6) is 5.88 Å². The molecule has 0 spiro atoms. The first-order chi connectivity index (χ1) is 10.8. The zero-order valence-electron chi connectivity index (χ0n) is 14.4. The number of hydrogen-bond acceptors (Lipinski definition) is 6. The maximum absolute atomic E-state index is 12.5. The third kappa shape index (κ3) is 3.97. The fourth-order valence-electron chi connectivity index (χ4n) is 2.13. The predicted molar refractivity (Wildman–Crippen MR) is 91.2 cm³/mol. The number of methoxy groups -OCH3 is 2. The van der Waals surface area contributed by atoms with Crippen LogP contribution in [0, 0.1) is 12.3 Å². The fourth-order valence-corrected chi connectivity index (χ4v) is 3.23. The first-order valence-electron chi connectivity index (χ1n) is 7.38. The van der Waals surface area contributed by atoms with Crippen molar-refractivity contribution in [3.05, 3.63) is 16.3 Å². The first-order valence-corrected chi connectivity index (χ1v) is 8.19. The van der Waals surface area contributed by atoms with E-state index in [2.05, 4.69) is 36.1 Å². The Morgan fingerprint density at radius 1 is 1.26 bits per heavy atom. The molecule has 1 amide bonds. The summed E-state index contributed by atoms with van der Waals surface area (Å²) in [5.74, 6) is 0.932. The van der Waals surface area contributed by atoms with E-state index in [4.69, 9.17) is 9.47 Å². The van der Waals surface area contributed by atoms with E-state index in [0.29, 0.717) is 29.7 Å². The highest BCUT2D eigenvalue weighted by molar-refractivity contribution is 7.20. The van der Waals surface area contributed by atoms with Crippen molar-refractivity contribution in [2.75, 3.05) is 20.8 Å². The van der Waals surface area contributed by atoms with Crippen LogP contribution in [0.1, 0.15) is 41.8 Å². The van der Waals surface area contributed by atoms with Gasteiger partial charge in [0.05, 0.1) is 17.4 Å². The SMILES string of the molecule is COCc1nc(OC)c2c(C)c(C(=O)NCC(C)(C)C)sc2n1. The van der Waals surface area contributed by atoms with Gasteiger partial charge in [0, 0.05) is 13.7 Å². The third-order valence-corrected chi connectivity index (χ3v) is 4.44. The smallest absolute Gasteiger partial charge is 0.261 e. The van der Waals surface area contributed by atoms with Gasteiger partial charge in [0.15, 0.2) is 5.82 Å². The Hall–Kier alpha value is -1.73. The number of aromatic nitrogens is 2. The molecule has 2 aromatic rings. The first kappa shape index (κ1) is 17.6. The summed E-state index contributed by atoms with van der Waals surface area (Å²) in [6, 6.07) is 0. The lowest BCUT2D eigenvalue weighted by Crippen LogP contribution is -2.32. The molecule has 2 heterocycles. The lowest BCUT2D eigenvalue weighted by Gasteiger charge is -2.18. The van der Waals surface area contributed by atoms with Crippen molar-refractivity contribution in [2.45, 2.75) is 34.3 Å². The zero-order chi connectivity index (χ0) is 17.2. The number of fused-ring (bicyclic) bond motifs is 1. The molecule has 2 aromatic heterocycles. The van der Waals surface area contributed by atoms with Crippen LogP contribution in [0.25, 0.3) is 10.2 Å². The summed E-state index contributed by atoms with van der Waals surface area (Å²) < 4.78 is 10.5. The Labute approximate surface area is 140 Å². The van der Waals surface area contributed by atoms with Crippen LogP contribution < -0.4 is 10.1 Å². The maximum Gasteiger partial charge on any atom is 0.261 e. The number of aryl methyl sites for hydroxylation is 1. The Balaban J connectivity index is 2.42. The number of nitrogens with zero attached hydrogens (tertiary/aromatic N) is 2. The number of carbonyl (C=O) groups excluding carboxylic acids is 1. The average Bonchev–Trinajstić information content (AvgIpc) is 2.81. The van der Waals surface area contributed by atoms with Gasteiger partial charge in [-0.05, 0) is 17.9 Å². The number of amides is 1. The van der Waals surface area contributed by atoms with Crippen LogP contribution in [0.4, 0.5) is 0 Å². The highest BCUT2D eigenvalue weighted by Crippen LogP contribution is 2.35. The minimum Gasteiger partial charge on any atom is -0.480 e. The summed E-state index contributed by atoms with van der Waals surface area (Å²) in [5, 5.41) is 3.77. The lowest BCUT2D eigenvalue weighted by molar-refractivity contribution is 0.0943. The molecule has 0 aromatic carbocycles. The fraction of sp³-hybridized carbons (Fsp3) is 0.562. The van der Waals surface area contributed by atoms with Crippen LogP contribution in [-0.4, -0.2) is 36.6 Å². The number of thiophene rings is 1. The minimum atomic E-state index is -0.0873. The molecular formula is C16H23N3O3S. The van der Waals surface area contributed by atoms with E-state index in [1.54, 1.807) is 14.2 Å². The summed E-state index contributed by atoms with van der Waals surface area (Å²) in [7, 11) is 3.15. The van der Waals surface area contributed by atoms with E-state index in [1.165, 1.54) is 11.3 Å². The van der Waals surface area contributed by atoms with Crippen molar-refractivity contribution in [2.24, 2.45) is 5.41 Å². The molecule has 23 heavy (non-hydrogen) atoms. The van der Waals surface area contributed by atoms with E-state index >= 15 is 0 Å². The largest absolute Gasteiger partial charge is 0.480 e. The number of ether oxygens (including phenoxy) is 2. The molecule has 0 aliphatic carbocycles. The maximum atomic E-state index is 12.5. The normalized spacial score (nSPS) is 11.7. The summed E-state index contributed by atoms with van der Waals surface area (Å²) in [6.45, 7) is 9.04. The van der Waals surface area contributed by atoms with Gasteiger partial charge in [0.1, 0.15) is 11.4 Å². The Morgan fingerprint density at radius 2 is 1.96 bits per heavy atom. The van der Waals surface area contributed by atoms with Gasteiger partial charge in [0.25, 0.3) is 5.91 Å². The molecule has 0 saturated carbocycles. The van der Waals surface area contributed by atoms with Gasteiger partial charge in [-0.3, -0.25) is 4.79 Å². The summed E-state index contributed by atoms with van der Waals surface area (Å²) in [4.78, 5) is 22.7. The van der Waals surface area contributed by atoms with Crippen molar-refractivity contribution in [3.8, 4) is 5.88 Å². The van der Waals surface area contributed by atoms with E-state index in [-0.39, 0.29) is 11.3 Å². The van der Waals surface area contributed by atoms with Crippen molar-refractivity contribution in [3.63, 3.8) is 0 Å². The van der Waals surface area contributed by atoms with E-state index in [1.807, 2.05) is 6.92 Å². The molecule has 6 nitrogen and oxygen atoms in total. The van der Waals surface area contributed by atoms with Crippen LogP contribution in [0.15, 0.2) is 0 Å². The van der Waals surface area contributed by atoms with Gasteiger partial charge in [-0.25, -0.2) is 4.98 Å². The molecule has 7 heteroatoms. The summed E-state index contributed by atoms with van der Waals surface area (Å²) in [5.41, 5.74) is 0.876. The van der Waals surface area contributed by atoms with Gasteiger partial charge < -0.3 is 14.8 Å². The minimum absolute atomic E-state index is 0.0311. The molecule has 126 valence electrons. The van der Waals surface area contributed by atoms with Crippen LogP contribution in [-0.2, 0) is 11.3 Å². The molecule has 1 N–H and O–H groups in total. The second kappa shape index (κ2) is 6.80. The predicted octanol–water partition coefficient (Wildman–Crippen LogP) is 2.93. The van der Waals surface area contributed by atoms with Gasteiger partial charge >= 0.3 is 0 Å². The van der Waals surface area contributed by atoms with E-state index in [9.17, 15) is 4.79 Å². The van der Waals surface area contributed by atoms with Crippen molar-refractivity contribution in [1.82, 2.24) is 15.3 Å². The van der Waals surface area contributed by atoms with Crippen LogP contribution in [0.3, 0.4) is 0 Å². The van der Waals surface area contributed by atoms with Crippen LogP contribution >= 0.6 is 11.3 Å². The van der Waals surface area contributed by atoms with Gasteiger partial charge in [-0.2, -0.15) is 4.98 Å². The molecule has 0 radical (unpaired) electrons. The molecular weight excluding hydrogens is 314 g/mol. The highest BCUT2D eigenvalue weighted by Gasteiger charge is 2.22. The number of hydrogen-bond donors (Lipinski definition) is 1. The highest BCUT2D eigenvalue weighted by atomic mass is 32.1. The van der Waals surface area contributed by atoms with Gasteiger partial charge in [0.2, 0.25) is 5.88 Å². The molecule has 0 aliphatic rings. The molecule has 2 rings (SSSR count). The topological polar surface area (TPSA) is 73.3 Å². The second-order valence-corrected chi connectivity index (χ2v) is 7.56. The summed E-state index contributed by atoms with van der Waals surface area (Å²) in [6.07, 6.45) is 0. The monoisotopic (exact) mass is 337 g/mol. The zero-order valence-corrected chi connectivity index (χ0v) is 15.3. The average molecular weight is 337 g/mol. The molecule has 0 atom stereocenters. The van der Waals surface area contributed by atoms with Crippen molar-refractivity contribution >= 4 is 27.5 Å². The molecule has 0 unspecified atom stereocenters. The van der Waals surface area contributed by atoms with E-state index in [0.717, 1.165) is 15.8 Å². The molecule has 0 fully saturated rings. The Kier molecular flexibility index (Phi) is 5.21. The quantitative estimate of drug-likeness (QED) is 0.908. The van der Waals surface area contributed by atoms with Crippen molar-refractivity contribution in [1.29, 1.82) is 0 Å². The molecule has 0 aliphatic heterocycles. The van der Waals surface area contributed by atoms with Gasteiger partial charge in [-0.1, -0.05) is 20.8 Å². The molecule has 0 saturated heterocycles. The second-order valence-electron chi connectivity index (χ2n) is 6.56. The third-order valence-electron chi connectivity index (χ3n) is 3.26. The summed E-state index contributed by atoms with van der Waals surface area (Å²) >= 11 is 1.35. The van der Waals surface area contributed by atoms with Crippen molar-refractivity contribution < 1.29 is 14.3 Å². The Morgan fingerprint density at radius 3 is 2.52 bits per heavy atom. The Bertz CT molecular complexity index is 719. The molecule has 0 bridgehead atoms.